The molecule has 2 rings (SSSR count). The van der Waals surface area contributed by atoms with Crippen molar-refractivity contribution in [3.8, 4) is 5.75 Å². The summed E-state index contributed by atoms with van der Waals surface area (Å²) in [4.78, 5) is 5.05. The summed E-state index contributed by atoms with van der Waals surface area (Å²) in [5.74, 6) is 1.00. The van der Waals surface area contributed by atoms with Crippen molar-refractivity contribution in [3.05, 3.63) is 29.8 Å². The number of ether oxygens (including phenoxy) is 1. The first kappa shape index (κ1) is 13.4. The molecule has 18 heavy (non-hydrogen) atoms. The number of nitrogens with zero attached hydrogens (tertiary/aromatic N) is 2. The van der Waals surface area contributed by atoms with Crippen molar-refractivity contribution in [2.24, 2.45) is 0 Å². The maximum atomic E-state index is 5.41. The summed E-state index contributed by atoms with van der Waals surface area (Å²) in [6.07, 6.45) is 0. The van der Waals surface area contributed by atoms with Crippen LogP contribution in [0.2, 0.25) is 0 Å². The molecule has 0 atom stereocenters. The van der Waals surface area contributed by atoms with Crippen LogP contribution in [0, 0.1) is 0 Å². The molecule has 1 aliphatic heterocycles. The van der Waals surface area contributed by atoms with Crippen LogP contribution in [0.1, 0.15) is 19.4 Å². The second kappa shape index (κ2) is 6.21. The highest BCUT2D eigenvalue weighted by Crippen LogP contribution is 2.20. The van der Waals surface area contributed by atoms with E-state index in [1.807, 2.05) is 12.1 Å². The molecule has 1 heterocycles. The van der Waals surface area contributed by atoms with Crippen molar-refractivity contribution in [3.63, 3.8) is 0 Å². The van der Waals surface area contributed by atoms with Gasteiger partial charge in [0.1, 0.15) is 5.75 Å². The molecule has 1 aromatic rings. The van der Waals surface area contributed by atoms with E-state index in [0.29, 0.717) is 6.04 Å². The molecule has 1 fully saturated rings. The molecule has 0 bridgehead atoms. The minimum absolute atomic E-state index is 0.665. The van der Waals surface area contributed by atoms with Crippen molar-refractivity contribution in [2.45, 2.75) is 26.4 Å². The fourth-order valence-electron chi connectivity index (χ4n) is 2.51. The van der Waals surface area contributed by atoms with Gasteiger partial charge in [0.05, 0.1) is 7.11 Å². The first-order chi connectivity index (χ1) is 8.70. The first-order valence-corrected chi connectivity index (χ1v) is 6.79. The molecular weight excluding hydrogens is 224 g/mol. The molecular formula is C15H24N2O. The average molecular weight is 248 g/mol. The third kappa shape index (κ3) is 3.24. The Balaban J connectivity index is 1.91. The van der Waals surface area contributed by atoms with E-state index in [2.05, 4.69) is 35.8 Å². The average Bonchev–Trinajstić information content (AvgIpc) is 2.40. The molecule has 1 aliphatic rings. The van der Waals surface area contributed by atoms with Crippen LogP contribution < -0.4 is 4.74 Å². The molecule has 0 unspecified atom stereocenters. The number of hydrogen-bond donors (Lipinski definition) is 0. The normalized spacial score (nSPS) is 18.2. The summed E-state index contributed by atoms with van der Waals surface area (Å²) in [6.45, 7) is 10.2. The van der Waals surface area contributed by atoms with Gasteiger partial charge in [0.15, 0.2) is 0 Å². The quantitative estimate of drug-likeness (QED) is 0.812. The van der Waals surface area contributed by atoms with E-state index in [0.717, 1.165) is 25.4 Å². The minimum atomic E-state index is 0.665. The molecule has 0 radical (unpaired) electrons. The summed E-state index contributed by atoms with van der Waals surface area (Å²) in [5.41, 5.74) is 1.29. The smallest absolute Gasteiger partial charge is 0.123 e. The summed E-state index contributed by atoms with van der Waals surface area (Å²) >= 11 is 0. The third-order valence-electron chi connectivity index (χ3n) is 3.72. The van der Waals surface area contributed by atoms with Crippen molar-refractivity contribution in [1.29, 1.82) is 0 Å². The molecule has 0 amide bonds. The lowest BCUT2D eigenvalue weighted by atomic mass is 10.1. The van der Waals surface area contributed by atoms with Crippen LogP contribution in [0.15, 0.2) is 24.3 Å². The standard InChI is InChI=1S/C15H24N2O/c1-13(2)17-10-8-16(9-11-17)12-14-6-4-5-7-15(14)18-3/h4-7,13H,8-12H2,1-3H3. The van der Waals surface area contributed by atoms with Crippen LogP contribution in [0.25, 0.3) is 0 Å². The topological polar surface area (TPSA) is 15.7 Å². The Morgan fingerprint density at radius 3 is 2.39 bits per heavy atom. The van der Waals surface area contributed by atoms with Crippen molar-refractivity contribution in [1.82, 2.24) is 9.80 Å². The summed E-state index contributed by atoms with van der Waals surface area (Å²) in [6, 6.07) is 8.98. The van der Waals surface area contributed by atoms with Crippen LogP contribution in [0.3, 0.4) is 0 Å². The number of hydrogen-bond acceptors (Lipinski definition) is 3. The zero-order valence-electron chi connectivity index (χ0n) is 11.7. The van der Waals surface area contributed by atoms with E-state index in [-0.39, 0.29) is 0 Å². The first-order valence-electron chi connectivity index (χ1n) is 6.79. The van der Waals surface area contributed by atoms with Gasteiger partial charge in [0.25, 0.3) is 0 Å². The summed E-state index contributed by atoms with van der Waals surface area (Å²) in [5, 5.41) is 0. The molecule has 0 N–H and O–H groups in total. The zero-order chi connectivity index (χ0) is 13.0. The number of rotatable bonds is 4. The Bertz CT molecular complexity index is 371. The summed E-state index contributed by atoms with van der Waals surface area (Å²) < 4.78 is 5.41. The third-order valence-corrected chi connectivity index (χ3v) is 3.72. The second-order valence-corrected chi connectivity index (χ2v) is 5.22. The fraction of sp³-hybridized carbons (Fsp3) is 0.600. The predicted molar refractivity (Wildman–Crippen MR) is 75.0 cm³/mol. The molecule has 3 heteroatoms. The van der Waals surface area contributed by atoms with Crippen molar-refractivity contribution in [2.75, 3.05) is 33.3 Å². The van der Waals surface area contributed by atoms with Crippen LogP contribution in [-0.2, 0) is 6.54 Å². The predicted octanol–water partition coefficient (Wildman–Crippen LogP) is 2.22. The lowest BCUT2D eigenvalue weighted by molar-refractivity contribution is 0.103. The lowest BCUT2D eigenvalue weighted by Gasteiger charge is -2.37. The Hall–Kier alpha value is -1.06. The molecule has 0 aliphatic carbocycles. The number of piperazine rings is 1. The van der Waals surface area contributed by atoms with E-state index in [4.69, 9.17) is 4.74 Å². The van der Waals surface area contributed by atoms with Gasteiger partial charge in [0.2, 0.25) is 0 Å². The van der Waals surface area contributed by atoms with Gasteiger partial charge in [0, 0.05) is 44.3 Å². The monoisotopic (exact) mass is 248 g/mol. The van der Waals surface area contributed by atoms with Gasteiger partial charge >= 0.3 is 0 Å². The second-order valence-electron chi connectivity index (χ2n) is 5.22. The van der Waals surface area contributed by atoms with E-state index < -0.39 is 0 Å². The molecule has 100 valence electrons. The Kier molecular flexibility index (Phi) is 4.61. The van der Waals surface area contributed by atoms with Crippen LogP contribution in [0.5, 0.6) is 5.75 Å². The van der Waals surface area contributed by atoms with Gasteiger partial charge in [-0.05, 0) is 19.9 Å². The van der Waals surface area contributed by atoms with Gasteiger partial charge in [-0.1, -0.05) is 18.2 Å². The van der Waals surface area contributed by atoms with Gasteiger partial charge in [-0.2, -0.15) is 0 Å². The van der Waals surface area contributed by atoms with Crippen molar-refractivity contribution < 1.29 is 4.74 Å². The minimum Gasteiger partial charge on any atom is -0.496 e. The molecule has 3 nitrogen and oxygen atoms in total. The van der Waals surface area contributed by atoms with Crippen LogP contribution in [-0.4, -0.2) is 49.1 Å². The van der Waals surface area contributed by atoms with Gasteiger partial charge in [-0.3, -0.25) is 9.80 Å². The lowest BCUT2D eigenvalue weighted by Crippen LogP contribution is -2.48. The maximum Gasteiger partial charge on any atom is 0.123 e. The highest BCUT2D eigenvalue weighted by molar-refractivity contribution is 5.33. The Morgan fingerprint density at radius 1 is 1.11 bits per heavy atom. The van der Waals surface area contributed by atoms with E-state index >= 15 is 0 Å². The number of benzene rings is 1. The fourth-order valence-corrected chi connectivity index (χ4v) is 2.51. The maximum absolute atomic E-state index is 5.41. The molecule has 1 aromatic carbocycles. The zero-order valence-corrected chi connectivity index (χ0v) is 11.7. The van der Waals surface area contributed by atoms with E-state index in [1.165, 1.54) is 18.7 Å². The van der Waals surface area contributed by atoms with E-state index in [9.17, 15) is 0 Å². The Morgan fingerprint density at radius 2 is 1.78 bits per heavy atom. The highest BCUT2D eigenvalue weighted by atomic mass is 16.5. The highest BCUT2D eigenvalue weighted by Gasteiger charge is 2.19. The summed E-state index contributed by atoms with van der Waals surface area (Å²) in [7, 11) is 1.75. The SMILES string of the molecule is COc1ccccc1CN1CCN(C(C)C)CC1. The van der Waals surface area contributed by atoms with Crippen molar-refractivity contribution >= 4 is 0 Å². The number of methoxy groups -OCH3 is 1. The molecule has 0 spiro atoms. The Labute approximate surface area is 110 Å². The van der Waals surface area contributed by atoms with Gasteiger partial charge in [-0.15, -0.1) is 0 Å². The number of para-hydroxylation sites is 1. The van der Waals surface area contributed by atoms with Gasteiger partial charge < -0.3 is 4.74 Å². The molecule has 0 aromatic heterocycles. The molecule has 0 saturated carbocycles. The molecule has 1 saturated heterocycles. The van der Waals surface area contributed by atoms with Gasteiger partial charge in [-0.25, -0.2) is 0 Å². The largest absolute Gasteiger partial charge is 0.496 e. The van der Waals surface area contributed by atoms with Crippen LogP contribution in [0.4, 0.5) is 0 Å². The van der Waals surface area contributed by atoms with E-state index in [1.54, 1.807) is 7.11 Å². The van der Waals surface area contributed by atoms with Crippen LogP contribution >= 0.6 is 0 Å².